The molecule has 1 heterocycles. The van der Waals surface area contributed by atoms with Gasteiger partial charge in [-0.2, -0.15) is 0 Å². The number of nitrogens with zero attached hydrogens (tertiary/aromatic N) is 1. The van der Waals surface area contributed by atoms with E-state index in [4.69, 9.17) is 4.74 Å². The Labute approximate surface area is 175 Å². The number of nitrogens with one attached hydrogen (secondary N) is 1. The SMILES string of the molecule is CCOCCCNC(=O)Cn1cc(S(=O)(=O)Cc2ccc(F)cc2)c2ccccc21. The van der Waals surface area contributed by atoms with E-state index >= 15 is 0 Å². The van der Waals surface area contributed by atoms with E-state index in [1.54, 1.807) is 28.8 Å². The van der Waals surface area contributed by atoms with Gasteiger partial charge in [0.25, 0.3) is 0 Å². The average molecular weight is 433 g/mol. The molecule has 0 fully saturated rings. The molecule has 30 heavy (non-hydrogen) atoms. The van der Waals surface area contributed by atoms with Crippen molar-refractivity contribution in [2.45, 2.75) is 30.5 Å². The van der Waals surface area contributed by atoms with Crippen LogP contribution >= 0.6 is 0 Å². The van der Waals surface area contributed by atoms with E-state index in [0.29, 0.717) is 42.6 Å². The van der Waals surface area contributed by atoms with Crippen LogP contribution in [0.5, 0.6) is 0 Å². The van der Waals surface area contributed by atoms with Gasteiger partial charge in [-0.3, -0.25) is 4.79 Å². The number of para-hydroxylation sites is 1. The van der Waals surface area contributed by atoms with Gasteiger partial charge in [-0.25, -0.2) is 12.8 Å². The maximum atomic E-state index is 13.1. The average Bonchev–Trinajstić information content (AvgIpc) is 3.09. The third kappa shape index (κ3) is 5.46. The van der Waals surface area contributed by atoms with Crippen LogP contribution in [0.4, 0.5) is 4.39 Å². The molecule has 1 amide bonds. The normalized spacial score (nSPS) is 11.7. The Morgan fingerprint density at radius 1 is 1.13 bits per heavy atom. The van der Waals surface area contributed by atoms with Crippen LogP contribution in [-0.2, 0) is 31.7 Å². The molecule has 0 spiro atoms. The topological polar surface area (TPSA) is 77.4 Å². The van der Waals surface area contributed by atoms with Gasteiger partial charge in [0.2, 0.25) is 5.91 Å². The summed E-state index contributed by atoms with van der Waals surface area (Å²) in [5.74, 6) is -0.861. The minimum atomic E-state index is -3.69. The molecule has 0 aliphatic heterocycles. The number of benzene rings is 2. The third-order valence-corrected chi connectivity index (χ3v) is 6.37. The van der Waals surface area contributed by atoms with Crippen molar-refractivity contribution in [1.29, 1.82) is 0 Å². The zero-order valence-electron chi connectivity index (χ0n) is 16.8. The van der Waals surface area contributed by atoms with Gasteiger partial charge in [-0.1, -0.05) is 30.3 Å². The van der Waals surface area contributed by atoms with E-state index in [1.165, 1.54) is 30.5 Å². The quantitative estimate of drug-likeness (QED) is 0.499. The van der Waals surface area contributed by atoms with E-state index in [2.05, 4.69) is 5.32 Å². The monoisotopic (exact) mass is 432 g/mol. The van der Waals surface area contributed by atoms with Gasteiger partial charge < -0.3 is 14.6 Å². The first-order chi connectivity index (χ1) is 14.4. The molecule has 3 rings (SSSR count). The summed E-state index contributed by atoms with van der Waals surface area (Å²) in [5, 5.41) is 3.38. The summed E-state index contributed by atoms with van der Waals surface area (Å²) in [4.78, 5) is 12.5. The Morgan fingerprint density at radius 2 is 1.87 bits per heavy atom. The van der Waals surface area contributed by atoms with Crippen molar-refractivity contribution in [3.63, 3.8) is 0 Å². The van der Waals surface area contributed by atoms with Gasteiger partial charge in [0.15, 0.2) is 9.84 Å². The number of carbonyl (C=O) groups is 1. The van der Waals surface area contributed by atoms with Crippen LogP contribution in [0.2, 0.25) is 0 Å². The van der Waals surface area contributed by atoms with Crippen molar-refractivity contribution < 1.29 is 22.3 Å². The first-order valence-corrected chi connectivity index (χ1v) is 11.5. The Balaban J connectivity index is 1.79. The predicted octanol–water partition coefficient (Wildman–Crippen LogP) is 3.30. The van der Waals surface area contributed by atoms with Crippen LogP contribution in [0.1, 0.15) is 18.9 Å². The summed E-state index contributed by atoms with van der Waals surface area (Å²) < 4.78 is 46.1. The lowest BCUT2D eigenvalue weighted by molar-refractivity contribution is -0.121. The van der Waals surface area contributed by atoms with E-state index in [9.17, 15) is 17.6 Å². The number of sulfone groups is 1. The van der Waals surface area contributed by atoms with E-state index < -0.39 is 15.7 Å². The molecule has 0 radical (unpaired) electrons. The number of carbonyl (C=O) groups excluding carboxylic acids is 1. The maximum Gasteiger partial charge on any atom is 0.239 e. The molecule has 3 aromatic rings. The number of amides is 1. The molecule has 0 aliphatic rings. The fraction of sp³-hybridized carbons (Fsp3) is 0.318. The summed E-state index contributed by atoms with van der Waals surface area (Å²) >= 11 is 0. The number of hydrogen-bond donors (Lipinski definition) is 1. The van der Waals surface area contributed by atoms with Crippen LogP contribution < -0.4 is 5.32 Å². The van der Waals surface area contributed by atoms with Crippen LogP contribution in [0, 0.1) is 5.82 Å². The molecule has 1 aromatic heterocycles. The standard InChI is InChI=1S/C22H25FN2O4S/c1-2-29-13-5-12-24-22(26)15-25-14-21(19-6-3-4-7-20(19)25)30(27,28)16-17-8-10-18(23)11-9-17/h3-4,6-11,14H,2,5,12-13,15-16H2,1H3,(H,24,26). The molecule has 0 saturated carbocycles. The van der Waals surface area contributed by atoms with Crippen LogP contribution in [0.25, 0.3) is 10.9 Å². The lowest BCUT2D eigenvalue weighted by Crippen LogP contribution is -2.28. The number of hydrogen-bond acceptors (Lipinski definition) is 4. The number of halogens is 1. The van der Waals surface area contributed by atoms with Crippen molar-refractivity contribution in [2.24, 2.45) is 0 Å². The minimum absolute atomic E-state index is 0.0151. The Kier molecular flexibility index (Phi) is 7.23. The summed E-state index contributed by atoms with van der Waals surface area (Å²) in [6.45, 7) is 3.64. The highest BCUT2D eigenvalue weighted by Crippen LogP contribution is 2.28. The Hall–Kier alpha value is -2.71. The summed E-state index contributed by atoms with van der Waals surface area (Å²) in [6.07, 6.45) is 2.21. The van der Waals surface area contributed by atoms with Crippen molar-refractivity contribution in [2.75, 3.05) is 19.8 Å². The van der Waals surface area contributed by atoms with Crippen LogP contribution in [0.3, 0.4) is 0 Å². The lowest BCUT2D eigenvalue weighted by Gasteiger charge is -2.07. The fourth-order valence-corrected chi connectivity index (χ4v) is 4.81. The maximum absolute atomic E-state index is 13.1. The highest BCUT2D eigenvalue weighted by molar-refractivity contribution is 7.90. The van der Waals surface area contributed by atoms with Gasteiger partial charge in [-0.15, -0.1) is 0 Å². The molecule has 0 unspecified atom stereocenters. The van der Waals surface area contributed by atoms with Crippen molar-refractivity contribution in [3.8, 4) is 0 Å². The van der Waals surface area contributed by atoms with Gasteiger partial charge in [-0.05, 0) is 37.1 Å². The summed E-state index contributed by atoms with van der Waals surface area (Å²) in [7, 11) is -3.69. The predicted molar refractivity (Wildman–Crippen MR) is 113 cm³/mol. The van der Waals surface area contributed by atoms with Crippen LogP contribution in [0.15, 0.2) is 59.6 Å². The second kappa shape index (κ2) is 9.86. The number of aromatic nitrogens is 1. The number of fused-ring (bicyclic) bond motifs is 1. The molecular formula is C22H25FN2O4S. The molecular weight excluding hydrogens is 407 g/mol. The molecule has 0 aliphatic carbocycles. The smallest absolute Gasteiger partial charge is 0.239 e. The largest absolute Gasteiger partial charge is 0.382 e. The minimum Gasteiger partial charge on any atom is -0.382 e. The molecule has 1 N–H and O–H groups in total. The highest BCUT2D eigenvalue weighted by atomic mass is 32.2. The highest BCUT2D eigenvalue weighted by Gasteiger charge is 2.22. The number of ether oxygens (including phenoxy) is 1. The summed E-state index contributed by atoms with van der Waals surface area (Å²) in [6, 6.07) is 12.5. The zero-order chi connectivity index (χ0) is 21.6. The van der Waals surface area contributed by atoms with Crippen LogP contribution in [-0.4, -0.2) is 38.7 Å². The molecule has 2 aromatic carbocycles. The van der Waals surface area contributed by atoms with Crippen molar-refractivity contribution in [3.05, 3.63) is 66.1 Å². The molecule has 6 nitrogen and oxygen atoms in total. The van der Waals surface area contributed by atoms with Crippen molar-refractivity contribution in [1.82, 2.24) is 9.88 Å². The van der Waals surface area contributed by atoms with Gasteiger partial charge >= 0.3 is 0 Å². The first kappa shape index (κ1) is 22.0. The molecule has 0 saturated heterocycles. The van der Waals surface area contributed by atoms with Gasteiger partial charge in [0, 0.05) is 36.9 Å². The second-order valence-corrected chi connectivity index (χ2v) is 8.88. The molecule has 0 bridgehead atoms. The van der Waals surface area contributed by atoms with Gasteiger partial charge in [0.1, 0.15) is 12.4 Å². The summed E-state index contributed by atoms with van der Waals surface area (Å²) in [5.41, 5.74) is 1.17. The second-order valence-electron chi connectivity index (χ2n) is 6.92. The fourth-order valence-electron chi connectivity index (χ4n) is 3.23. The van der Waals surface area contributed by atoms with E-state index in [1.807, 2.05) is 6.92 Å². The first-order valence-electron chi connectivity index (χ1n) is 9.80. The van der Waals surface area contributed by atoms with Gasteiger partial charge in [0.05, 0.1) is 10.6 Å². The Bertz CT molecular complexity index is 1110. The lowest BCUT2D eigenvalue weighted by atomic mass is 10.2. The third-order valence-electron chi connectivity index (χ3n) is 4.66. The van der Waals surface area contributed by atoms with E-state index in [-0.39, 0.29) is 23.1 Å². The zero-order valence-corrected chi connectivity index (χ0v) is 17.6. The Morgan fingerprint density at radius 3 is 2.60 bits per heavy atom. The molecule has 0 atom stereocenters. The molecule has 160 valence electrons. The van der Waals surface area contributed by atoms with Crippen molar-refractivity contribution >= 4 is 26.6 Å². The number of rotatable bonds is 10. The molecule has 8 heteroatoms. The van der Waals surface area contributed by atoms with E-state index in [0.717, 1.165) is 0 Å².